The lowest BCUT2D eigenvalue weighted by Gasteiger charge is -2.41. The molecule has 0 unspecified atom stereocenters. The minimum atomic E-state index is -4.40. The van der Waals surface area contributed by atoms with Crippen LogP contribution in [0.4, 0.5) is 23.8 Å². The number of aromatic nitrogens is 1. The summed E-state index contributed by atoms with van der Waals surface area (Å²) in [5.41, 5.74) is -0.606. The van der Waals surface area contributed by atoms with E-state index < -0.39 is 23.4 Å². The van der Waals surface area contributed by atoms with Crippen molar-refractivity contribution in [3.63, 3.8) is 0 Å². The normalized spacial score (nSPS) is 23.7. The highest BCUT2D eigenvalue weighted by Crippen LogP contribution is 2.45. The van der Waals surface area contributed by atoms with Gasteiger partial charge in [-0.3, -0.25) is 4.79 Å². The molecule has 1 N–H and O–H groups in total. The standard InChI is InChI=1S/C23H31F3N4O3/c1-22(2,3)33-21(32)28-17-10-15(11-17)20(31)30-8-6-29(7-9-30)19-18(14-4-5-14)12-16(13-27-19)23(24,25)26/h12-15,17H,4-11H2,1-3H3,(H,28,32). The molecule has 7 nitrogen and oxygen atoms in total. The fourth-order valence-electron chi connectivity index (χ4n) is 4.40. The molecular formula is C23H31F3N4O3. The Morgan fingerprint density at radius 1 is 1.09 bits per heavy atom. The third kappa shape index (κ3) is 5.70. The van der Waals surface area contributed by atoms with E-state index in [0.29, 0.717) is 50.4 Å². The predicted molar refractivity (Wildman–Crippen MR) is 116 cm³/mol. The van der Waals surface area contributed by atoms with Crippen molar-refractivity contribution in [3.8, 4) is 0 Å². The van der Waals surface area contributed by atoms with Gasteiger partial charge in [0.15, 0.2) is 0 Å². The third-order valence-electron chi connectivity index (χ3n) is 6.34. The molecule has 1 aromatic heterocycles. The van der Waals surface area contributed by atoms with Crippen LogP contribution in [0.5, 0.6) is 0 Å². The van der Waals surface area contributed by atoms with Gasteiger partial charge in [0.25, 0.3) is 0 Å². The molecule has 0 atom stereocenters. The highest BCUT2D eigenvalue weighted by atomic mass is 19.4. The molecule has 2 saturated carbocycles. The van der Waals surface area contributed by atoms with Gasteiger partial charge in [0.2, 0.25) is 5.91 Å². The zero-order valence-corrected chi connectivity index (χ0v) is 19.2. The lowest BCUT2D eigenvalue weighted by molar-refractivity contribution is -0.139. The first kappa shape index (κ1) is 23.6. The van der Waals surface area contributed by atoms with Crippen molar-refractivity contribution in [1.29, 1.82) is 0 Å². The van der Waals surface area contributed by atoms with Crippen LogP contribution in [0.3, 0.4) is 0 Å². The maximum absolute atomic E-state index is 13.1. The summed E-state index contributed by atoms with van der Waals surface area (Å²) in [6, 6.07) is 1.18. The van der Waals surface area contributed by atoms with Crippen molar-refractivity contribution in [1.82, 2.24) is 15.2 Å². The van der Waals surface area contributed by atoms with Crippen molar-refractivity contribution in [2.24, 2.45) is 5.92 Å². The molecule has 0 bridgehead atoms. The van der Waals surface area contributed by atoms with E-state index >= 15 is 0 Å². The van der Waals surface area contributed by atoms with Gasteiger partial charge in [-0.1, -0.05) is 0 Å². The van der Waals surface area contributed by atoms with Crippen LogP contribution in [-0.2, 0) is 15.7 Å². The zero-order valence-electron chi connectivity index (χ0n) is 19.2. The largest absolute Gasteiger partial charge is 0.444 e. The van der Waals surface area contributed by atoms with Crippen LogP contribution < -0.4 is 10.2 Å². The van der Waals surface area contributed by atoms with E-state index in [4.69, 9.17) is 4.74 Å². The Morgan fingerprint density at radius 3 is 2.27 bits per heavy atom. The first-order valence-electron chi connectivity index (χ1n) is 11.5. The Kier molecular flexibility index (Phi) is 6.22. The lowest BCUT2D eigenvalue weighted by Crippen LogP contribution is -2.55. The van der Waals surface area contributed by atoms with Crippen molar-refractivity contribution >= 4 is 17.8 Å². The van der Waals surface area contributed by atoms with Gasteiger partial charge in [0.05, 0.1) is 5.56 Å². The quantitative estimate of drug-likeness (QED) is 0.725. The summed E-state index contributed by atoms with van der Waals surface area (Å²) in [6.45, 7) is 7.48. The molecular weight excluding hydrogens is 437 g/mol. The first-order valence-corrected chi connectivity index (χ1v) is 11.5. The number of nitrogens with zero attached hydrogens (tertiary/aromatic N) is 3. The summed E-state index contributed by atoms with van der Waals surface area (Å²) >= 11 is 0. The van der Waals surface area contributed by atoms with Gasteiger partial charge in [-0.15, -0.1) is 0 Å². The lowest BCUT2D eigenvalue weighted by atomic mass is 9.79. The van der Waals surface area contributed by atoms with Gasteiger partial charge in [-0.2, -0.15) is 13.2 Å². The Labute approximate surface area is 191 Å². The molecule has 0 aromatic carbocycles. The average molecular weight is 469 g/mol. The molecule has 3 fully saturated rings. The molecule has 0 spiro atoms. The summed E-state index contributed by atoms with van der Waals surface area (Å²) in [5.74, 6) is 0.698. The highest BCUT2D eigenvalue weighted by Gasteiger charge is 2.40. The molecule has 1 aliphatic heterocycles. The van der Waals surface area contributed by atoms with Crippen molar-refractivity contribution in [2.45, 2.75) is 70.2 Å². The smallest absolute Gasteiger partial charge is 0.417 e. The van der Waals surface area contributed by atoms with Gasteiger partial charge >= 0.3 is 12.3 Å². The number of carbonyl (C=O) groups excluding carboxylic acids is 2. The average Bonchev–Trinajstić information content (AvgIpc) is 3.53. The molecule has 1 aromatic rings. The van der Waals surface area contributed by atoms with Gasteiger partial charge < -0.3 is 19.9 Å². The van der Waals surface area contributed by atoms with Gasteiger partial charge in [0, 0.05) is 44.3 Å². The van der Waals surface area contributed by atoms with Crippen LogP contribution in [0.2, 0.25) is 0 Å². The van der Waals surface area contributed by atoms with Gasteiger partial charge in [0.1, 0.15) is 11.4 Å². The number of ether oxygens (including phenoxy) is 1. The second-order valence-corrected chi connectivity index (χ2v) is 10.2. The molecule has 0 radical (unpaired) electrons. The molecule has 182 valence electrons. The van der Waals surface area contributed by atoms with Crippen LogP contribution in [0.1, 0.15) is 63.5 Å². The highest BCUT2D eigenvalue weighted by molar-refractivity contribution is 5.80. The number of alkyl carbamates (subject to hydrolysis) is 1. The van der Waals surface area contributed by atoms with Crippen LogP contribution in [0, 0.1) is 5.92 Å². The number of piperazine rings is 1. The van der Waals surface area contributed by atoms with Crippen LogP contribution >= 0.6 is 0 Å². The van der Waals surface area contributed by atoms with Gasteiger partial charge in [-0.25, -0.2) is 9.78 Å². The third-order valence-corrected chi connectivity index (χ3v) is 6.34. The topological polar surface area (TPSA) is 74.8 Å². The fraction of sp³-hybridized carbons (Fsp3) is 0.696. The van der Waals surface area contributed by atoms with E-state index in [1.54, 1.807) is 20.8 Å². The Morgan fingerprint density at radius 2 is 1.73 bits per heavy atom. The van der Waals surface area contributed by atoms with Crippen LogP contribution in [-0.4, -0.2) is 59.7 Å². The first-order chi connectivity index (χ1) is 15.4. The Balaban J connectivity index is 1.28. The van der Waals surface area contributed by atoms with Crippen molar-refractivity contribution < 1.29 is 27.5 Å². The predicted octanol–water partition coefficient (Wildman–Crippen LogP) is 3.93. The minimum Gasteiger partial charge on any atom is -0.444 e. The molecule has 2 amide bonds. The maximum atomic E-state index is 13.1. The summed E-state index contributed by atoms with van der Waals surface area (Å²) in [7, 11) is 0. The summed E-state index contributed by atoms with van der Waals surface area (Å²) in [5, 5.41) is 2.80. The van der Waals surface area contributed by atoms with Crippen LogP contribution in [0.25, 0.3) is 0 Å². The van der Waals surface area contributed by atoms with E-state index in [1.807, 2.05) is 9.80 Å². The second-order valence-electron chi connectivity index (χ2n) is 10.2. The SMILES string of the molecule is CC(C)(C)OC(=O)NC1CC(C(=O)N2CCN(c3ncc(C(F)(F)F)cc3C3CC3)CC2)C1. The molecule has 4 rings (SSSR count). The molecule has 2 aliphatic carbocycles. The number of alkyl halides is 3. The van der Waals surface area contributed by atoms with Crippen molar-refractivity contribution in [3.05, 3.63) is 23.4 Å². The number of carbonyl (C=O) groups is 2. The molecule has 1 saturated heterocycles. The van der Waals surface area contributed by atoms with E-state index in [1.165, 1.54) is 6.07 Å². The number of anilines is 1. The summed E-state index contributed by atoms with van der Waals surface area (Å²) in [4.78, 5) is 32.7. The maximum Gasteiger partial charge on any atom is 0.417 e. The van der Waals surface area contributed by atoms with E-state index in [-0.39, 0.29) is 23.8 Å². The number of rotatable bonds is 4. The van der Waals surface area contributed by atoms with Crippen molar-refractivity contribution in [2.75, 3.05) is 31.1 Å². The monoisotopic (exact) mass is 468 g/mol. The summed E-state index contributed by atoms with van der Waals surface area (Å²) < 4.78 is 44.6. The zero-order chi connectivity index (χ0) is 24.0. The number of amides is 2. The van der Waals surface area contributed by atoms with E-state index in [0.717, 1.165) is 19.0 Å². The fourth-order valence-corrected chi connectivity index (χ4v) is 4.40. The summed E-state index contributed by atoms with van der Waals surface area (Å²) in [6.07, 6.45) is -1.02. The Bertz CT molecular complexity index is 897. The second kappa shape index (κ2) is 8.68. The molecule has 3 aliphatic rings. The number of nitrogens with one attached hydrogen (secondary N) is 1. The Hall–Kier alpha value is -2.52. The molecule has 10 heteroatoms. The number of hydrogen-bond donors (Lipinski definition) is 1. The number of pyridine rings is 1. The number of hydrogen-bond acceptors (Lipinski definition) is 5. The molecule has 33 heavy (non-hydrogen) atoms. The van der Waals surface area contributed by atoms with E-state index in [9.17, 15) is 22.8 Å². The minimum absolute atomic E-state index is 0.0625. The van der Waals surface area contributed by atoms with E-state index in [2.05, 4.69) is 10.3 Å². The van der Waals surface area contributed by atoms with Crippen LogP contribution in [0.15, 0.2) is 12.3 Å². The van der Waals surface area contributed by atoms with Gasteiger partial charge in [-0.05, 0) is 64.0 Å². The number of halogens is 3. The molecule has 2 heterocycles.